The molecule has 37 heavy (non-hydrogen) atoms. The summed E-state index contributed by atoms with van der Waals surface area (Å²) in [7, 11) is 1.28. The number of primary amides is 1. The molecule has 190 valence electrons. The molecule has 0 aromatic heterocycles. The molecule has 2 aliphatic rings. The third-order valence-corrected chi connectivity index (χ3v) is 7.26. The number of nitrogens with zero attached hydrogens (tertiary/aromatic N) is 1. The van der Waals surface area contributed by atoms with Crippen molar-refractivity contribution in [3.8, 4) is 0 Å². The van der Waals surface area contributed by atoms with Crippen LogP contribution in [0.15, 0.2) is 71.9 Å². The Bertz CT molecular complexity index is 1340. The molecule has 2 aromatic rings. The lowest BCUT2D eigenvalue weighted by Gasteiger charge is -2.49. The van der Waals surface area contributed by atoms with E-state index in [4.69, 9.17) is 10.5 Å². The minimum absolute atomic E-state index is 0.186. The van der Waals surface area contributed by atoms with Crippen molar-refractivity contribution in [2.75, 3.05) is 12.9 Å². The third kappa shape index (κ3) is 5.12. The van der Waals surface area contributed by atoms with Crippen LogP contribution in [0, 0.1) is 0 Å². The second-order valence-corrected chi connectivity index (χ2v) is 9.38. The Balaban J connectivity index is 1.53. The van der Waals surface area contributed by atoms with Gasteiger partial charge in [-0.25, -0.2) is 9.59 Å². The maximum absolute atomic E-state index is 13.0. The smallest absolute Gasteiger partial charge is 0.352 e. The number of hydrogen-bond donors (Lipinski definition) is 3. The van der Waals surface area contributed by atoms with E-state index in [2.05, 4.69) is 5.32 Å². The van der Waals surface area contributed by atoms with Crippen LogP contribution in [0.3, 0.4) is 0 Å². The van der Waals surface area contributed by atoms with Crippen molar-refractivity contribution in [3.63, 3.8) is 0 Å². The van der Waals surface area contributed by atoms with Crippen LogP contribution in [0.2, 0.25) is 0 Å². The minimum Gasteiger partial charge on any atom is -0.477 e. The van der Waals surface area contributed by atoms with E-state index in [9.17, 15) is 29.1 Å². The van der Waals surface area contributed by atoms with Crippen LogP contribution < -0.4 is 11.1 Å². The molecule has 0 spiro atoms. The van der Waals surface area contributed by atoms with Crippen LogP contribution in [0.1, 0.15) is 27.4 Å². The Morgan fingerprint density at radius 3 is 2.51 bits per heavy atom. The Kier molecular flexibility index (Phi) is 7.44. The van der Waals surface area contributed by atoms with E-state index >= 15 is 0 Å². The normalized spacial score (nSPS) is 19.6. The van der Waals surface area contributed by atoms with Gasteiger partial charge in [-0.2, -0.15) is 0 Å². The number of amides is 3. The zero-order valence-electron chi connectivity index (χ0n) is 19.6. The molecule has 3 amide bonds. The van der Waals surface area contributed by atoms with E-state index in [0.717, 1.165) is 4.90 Å². The molecule has 2 aliphatic heterocycles. The summed E-state index contributed by atoms with van der Waals surface area (Å²) in [5.41, 5.74) is 7.04. The highest BCUT2D eigenvalue weighted by atomic mass is 32.2. The molecule has 2 heterocycles. The van der Waals surface area contributed by atoms with Crippen molar-refractivity contribution >= 4 is 47.5 Å². The number of carboxylic acid groups (broad SMARTS) is 1. The molecule has 0 aliphatic carbocycles. The summed E-state index contributed by atoms with van der Waals surface area (Å²) in [6.45, 7) is 0. The molecule has 0 bridgehead atoms. The van der Waals surface area contributed by atoms with Crippen LogP contribution >= 0.6 is 11.8 Å². The monoisotopic (exact) mass is 521 g/mol. The SMILES string of the molecule is COC(=O)c1cccc(C=CC2=C(C(=O)O)N3C(=O)C(NC(=O)C(C(N)=O)c4ccccc4)[C@@H]3SC2)c1. The predicted octanol–water partition coefficient (Wildman–Crippen LogP) is 1.49. The molecule has 4 N–H and O–H groups in total. The highest BCUT2D eigenvalue weighted by Crippen LogP contribution is 2.41. The Hall–Kier alpha value is -4.38. The van der Waals surface area contributed by atoms with Gasteiger partial charge in [0.2, 0.25) is 11.8 Å². The van der Waals surface area contributed by atoms with Crippen molar-refractivity contribution in [1.29, 1.82) is 0 Å². The van der Waals surface area contributed by atoms with E-state index in [1.165, 1.54) is 18.9 Å². The van der Waals surface area contributed by atoms with Crippen molar-refractivity contribution in [2.45, 2.75) is 17.3 Å². The first kappa shape index (κ1) is 25.7. The molecule has 1 saturated heterocycles. The van der Waals surface area contributed by atoms with Gasteiger partial charge in [0.25, 0.3) is 5.91 Å². The van der Waals surface area contributed by atoms with Gasteiger partial charge in [-0.05, 0) is 28.8 Å². The van der Waals surface area contributed by atoms with E-state index < -0.39 is 47.0 Å². The second-order valence-electron chi connectivity index (χ2n) is 8.27. The lowest BCUT2D eigenvalue weighted by atomic mass is 9.95. The number of rotatable bonds is 8. The number of benzene rings is 2. The molecule has 10 nitrogen and oxygen atoms in total. The molecule has 2 aromatic carbocycles. The number of esters is 1. The topological polar surface area (TPSA) is 156 Å². The largest absolute Gasteiger partial charge is 0.477 e. The number of thioether (sulfide) groups is 1. The first-order chi connectivity index (χ1) is 17.7. The maximum atomic E-state index is 13.0. The van der Waals surface area contributed by atoms with Crippen molar-refractivity contribution < 1.29 is 33.8 Å². The molecule has 0 saturated carbocycles. The number of ether oxygens (including phenoxy) is 1. The van der Waals surface area contributed by atoms with Crippen LogP contribution in [0.5, 0.6) is 0 Å². The molecule has 3 atom stereocenters. The van der Waals surface area contributed by atoms with Crippen LogP contribution in [-0.4, -0.2) is 63.9 Å². The van der Waals surface area contributed by atoms with Gasteiger partial charge >= 0.3 is 11.9 Å². The highest BCUT2D eigenvalue weighted by molar-refractivity contribution is 8.00. The van der Waals surface area contributed by atoms with E-state index in [0.29, 0.717) is 22.3 Å². The number of nitrogens with one attached hydrogen (secondary N) is 1. The summed E-state index contributed by atoms with van der Waals surface area (Å²) >= 11 is 1.29. The van der Waals surface area contributed by atoms with E-state index in [1.807, 2.05) is 0 Å². The quantitative estimate of drug-likeness (QED) is 0.268. The lowest BCUT2D eigenvalue weighted by Crippen LogP contribution is -2.71. The summed E-state index contributed by atoms with van der Waals surface area (Å²) in [6.07, 6.45) is 3.23. The van der Waals surface area contributed by atoms with Crippen LogP contribution in [0.25, 0.3) is 6.08 Å². The van der Waals surface area contributed by atoms with Crippen LogP contribution in [-0.2, 0) is 23.9 Å². The maximum Gasteiger partial charge on any atom is 0.352 e. The molecular weight excluding hydrogens is 498 g/mol. The first-order valence-corrected chi connectivity index (χ1v) is 12.2. The summed E-state index contributed by atoms with van der Waals surface area (Å²) in [5.74, 6) is -5.00. The van der Waals surface area contributed by atoms with Gasteiger partial charge < -0.3 is 20.9 Å². The highest BCUT2D eigenvalue weighted by Gasteiger charge is 2.54. The summed E-state index contributed by atoms with van der Waals surface area (Å²) in [5, 5.41) is 11.8. The fourth-order valence-corrected chi connectivity index (χ4v) is 5.50. The van der Waals surface area contributed by atoms with Gasteiger partial charge in [-0.15, -0.1) is 11.8 Å². The van der Waals surface area contributed by atoms with E-state index in [-0.39, 0.29) is 11.4 Å². The molecule has 0 radical (unpaired) electrons. The Morgan fingerprint density at radius 1 is 1.14 bits per heavy atom. The standard InChI is InChI=1S/C26H23N3O7S/c1-36-26(35)16-9-5-6-14(12-16)10-11-17-13-37-24-19(23(32)29(24)20(17)25(33)34)28-22(31)18(21(27)30)15-7-3-2-4-8-15/h2-12,18-19,24H,13H2,1H3,(H2,27,30)(H,28,31)(H,33,34)/t18?,19?,24-/m0/s1. The molecule has 2 unspecified atom stereocenters. The fraction of sp³-hybridized carbons (Fsp3) is 0.192. The molecular formula is C26H23N3O7S. The summed E-state index contributed by atoms with van der Waals surface area (Å²) in [4.78, 5) is 62.8. The number of carbonyl (C=O) groups excluding carboxylic acids is 4. The zero-order chi connectivity index (χ0) is 26.7. The van der Waals surface area contributed by atoms with Gasteiger partial charge in [0.05, 0.1) is 12.7 Å². The van der Waals surface area contributed by atoms with Crippen molar-refractivity contribution in [1.82, 2.24) is 10.2 Å². The second kappa shape index (κ2) is 10.7. The predicted molar refractivity (Wildman–Crippen MR) is 135 cm³/mol. The molecule has 1 fully saturated rings. The third-order valence-electron chi connectivity index (χ3n) is 5.96. The minimum atomic E-state index is -1.29. The van der Waals surface area contributed by atoms with Crippen molar-refractivity contribution in [2.24, 2.45) is 5.73 Å². The van der Waals surface area contributed by atoms with Crippen LogP contribution in [0.4, 0.5) is 0 Å². The first-order valence-electron chi connectivity index (χ1n) is 11.1. The van der Waals surface area contributed by atoms with Crippen molar-refractivity contribution in [3.05, 3.63) is 88.6 Å². The number of carbonyl (C=O) groups is 5. The summed E-state index contributed by atoms with van der Waals surface area (Å²) < 4.78 is 4.72. The average Bonchev–Trinajstić information content (AvgIpc) is 2.90. The van der Waals surface area contributed by atoms with Gasteiger partial charge in [0.15, 0.2) is 0 Å². The number of β-lactam (4-membered cyclic amide) rings is 1. The number of hydrogen-bond acceptors (Lipinski definition) is 7. The van der Waals surface area contributed by atoms with Gasteiger partial charge in [0.1, 0.15) is 23.0 Å². The van der Waals surface area contributed by atoms with Gasteiger partial charge in [0, 0.05) is 5.75 Å². The van der Waals surface area contributed by atoms with Gasteiger partial charge in [-0.1, -0.05) is 54.6 Å². The molecule has 4 rings (SSSR count). The van der Waals surface area contributed by atoms with E-state index in [1.54, 1.807) is 66.7 Å². The number of aliphatic carboxylic acids is 1. The lowest BCUT2D eigenvalue weighted by molar-refractivity contribution is -0.151. The number of fused-ring (bicyclic) bond motifs is 1. The average molecular weight is 522 g/mol. The number of methoxy groups -OCH3 is 1. The number of nitrogens with two attached hydrogens (primary N) is 1. The van der Waals surface area contributed by atoms with Gasteiger partial charge in [-0.3, -0.25) is 19.3 Å². The fourth-order valence-electron chi connectivity index (χ4n) is 4.18. The Labute approximate surface area is 216 Å². The Morgan fingerprint density at radius 2 is 1.86 bits per heavy atom. The zero-order valence-corrected chi connectivity index (χ0v) is 20.4. The number of carboxylic acids is 1. The number of allylic oxidation sites excluding steroid dienone is 1. The molecule has 11 heteroatoms. The summed E-state index contributed by atoms with van der Waals surface area (Å²) in [6, 6.07) is 13.8.